The van der Waals surface area contributed by atoms with Gasteiger partial charge < -0.3 is 10.1 Å². The van der Waals surface area contributed by atoms with Crippen LogP contribution < -0.4 is 10.1 Å². The fourth-order valence-electron chi connectivity index (χ4n) is 3.76. The monoisotopic (exact) mass is 430 g/mol. The van der Waals surface area contributed by atoms with Crippen LogP contribution in [0.2, 0.25) is 0 Å². The predicted molar refractivity (Wildman–Crippen MR) is 117 cm³/mol. The van der Waals surface area contributed by atoms with Gasteiger partial charge in [-0.25, -0.2) is 8.42 Å². The van der Waals surface area contributed by atoms with Crippen molar-refractivity contribution in [1.29, 1.82) is 0 Å². The van der Waals surface area contributed by atoms with Crippen molar-refractivity contribution < 1.29 is 17.9 Å². The molecule has 1 unspecified atom stereocenters. The highest BCUT2D eigenvalue weighted by Gasteiger charge is 2.25. The van der Waals surface area contributed by atoms with Gasteiger partial charge in [-0.05, 0) is 49.9 Å². The first-order valence-corrected chi connectivity index (χ1v) is 11.9. The van der Waals surface area contributed by atoms with Gasteiger partial charge in [0, 0.05) is 25.1 Å². The standard InChI is InChI=1S/C23H30N2O4S/c1-18(21-8-4-5-9-22(21)29-2)24-23(26)15-12-19-10-13-20(14-11-19)30(27,28)25-16-6-3-7-17-25/h4-5,8-11,13-14,18H,3,6-7,12,15-17H2,1-2H3,(H,24,26). The third kappa shape index (κ3) is 5.40. The molecule has 3 rings (SSSR count). The van der Waals surface area contributed by atoms with E-state index >= 15 is 0 Å². The summed E-state index contributed by atoms with van der Waals surface area (Å²) < 4.78 is 32.4. The molecule has 2 aromatic carbocycles. The van der Waals surface area contributed by atoms with E-state index in [1.54, 1.807) is 35.7 Å². The quantitative estimate of drug-likeness (QED) is 0.693. The Morgan fingerprint density at radius 3 is 2.40 bits per heavy atom. The number of ether oxygens (including phenoxy) is 1. The van der Waals surface area contributed by atoms with Gasteiger partial charge in [-0.2, -0.15) is 4.31 Å². The number of piperidine rings is 1. The minimum atomic E-state index is -3.42. The molecule has 2 aromatic rings. The Morgan fingerprint density at radius 2 is 1.73 bits per heavy atom. The molecule has 30 heavy (non-hydrogen) atoms. The number of benzene rings is 2. The molecule has 0 saturated carbocycles. The number of aryl methyl sites for hydroxylation is 1. The van der Waals surface area contributed by atoms with Gasteiger partial charge in [0.1, 0.15) is 5.75 Å². The lowest BCUT2D eigenvalue weighted by atomic mass is 10.1. The highest BCUT2D eigenvalue weighted by atomic mass is 32.2. The van der Waals surface area contributed by atoms with Crippen molar-refractivity contribution in [3.05, 3.63) is 59.7 Å². The van der Waals surface area contributed by atoms with E-state index < -0.39 is 10.0 Å². The maximum absolute atomic E-state index is 12.7. The summed E-state index contributed by atoms with van der Waals surface area (Å²) in [5.41, 5.74) is 1.87. The zero-order valence-electron chi connectivity index (χ0n) is 17.6. The third-order valence-electron chi connectivity index (χ3n) is 5.50. The molecule has 162 valence electrons. The third-order valence-corrected chi connectivity index (χ3v) is 7.41. The maximum atomic E-state index is 12.7. The Labute approximate surface area is 179 Å². The van der Waals surface area contributed by atoms with Gasteiger partial charge in [-0.3, -0.25) is 4.79 Å². The van der Waals surface area contributed by atoms with Crippen molar-refractivity contribution >= 4 is 15.9 Å². The van der Waals surface area contributed by atoms with Gasteiger partial charge in [0.2, 0.25) is 15.9 Å². The molecule has 1 N–H and O–H groups in total. The number of carbonyl (C=O) groups is 1. The molecule has 1 aliphatic rings. The topological polar surface area (TPSA) is 75.7 Å². The van der Waals surface area contributed by atoms with Gasteiger partial charge >= 0.3 is 0 Å². The molecule has 0 radical (unpaired) electrons. The minimum absolute atomic E-state index is 0.0570. The second-order valence-electron chi connectivity index (χ2n) is 7.64. The van der Waals surface area contributed by atoms with Crippen LogP contribution in [0.3, 0.4) is 0 Å². The number of rotatable bonds is 8. The van der Waals surface area contributed by atoms with E-state index in [9.17, 15) is 13.2 Å². The van der Waals surface area contributed by atoms with E-state index in [0.29, 0.717) is 30.8 Å². The molecule has 0 aliphatic carbocycles. The van der Waals surface area contributed by atoms with Gasteiger partial charge in [-0.1, -0.05) is 36.8 Å². The number of amides is 1. The Morgan fingerprint density at radius 1 is 1.07 bits per heavy atom. The van der Waals surface area contributed by atoms with E-state index in [2.05, 4.69) is 5.32 Å². The summed E-state index contributed by atoms with van der Waals surface area (Å²) in [5.74, 6) is 0.689. The Balaban J connectivity index is 1.55. The molecule has 0 spiro atoms. The van der Waals surface area contributed by atoms with E-state index in [1.807, 2.05) is 31.2 Å². The maximum Gasteiger partial charge on any atom is 0.243 e. The Hall–Kier alpha value is -2.38. The summed E-state index contributed by atoms with van der Waals surface area (Å²) in [4.78, 5) is 12.7. The first-order chi connectivity index (χ1) is 14.4. The van der Waals surface area contributed by atoms with Gasteiger partial charge in [0.05, 0.1) is 18.0 Å². The second kappa shape index (κ2) is 10.1. The molecule has 1 saturated heterocycles. The summed E-state index contributed by atoms with van der Waals surface area (Å²) in [5, 5.41) is 3.00. The summed E-state index contributed by atoms with van der Waals surface area (Å²) in [7, 11) is -1.81. The largest absolute Gasteiger partial charge is 0.496 e. The minimum Gasteiger partial charge on any atom is -0.496 e. The van der Waals surface area contributed by atoms with Crippen LogP contribution in [0, 0.1) is 0 Å². The molecular formula is C23H30N2O4S. The molecule has 1 aliphatic heterocycles. The first-order valence-electron chi connectivity index (χ1n) is 10.4. The number of nitrogens with zero attached hydrogens (tertiary/aromatic N) is 1. The van der Waals surface area contributed by atoms with Gasteiger partial charge in [0.25, 0.3) is 0 Å². The normalized spacial score (nSPS) is 16.1. The number of nitrogens with one attached hydrogen (secondary N) is 1. The van der Waals surface area contributed by atoms with E-state index in [1.165, 1.54) is 0 Å². The average Bonchev–Trinajstić information content (AvgIpc) is 2.78. The fraction of sp³-hybridized carbons (Fsp3) is 0.435. The highest BCUT2D eigenvalue weighted by Crippen LogP contribution is 2.24. The summed E-state index contributed by atoms with van der Waals surface area (Å²) in [6.07, 6.45) is 3.80. The zero-order valence-corrected chi connectivity index (χ0v) is 18.5. The Kier molecular flexibility index (Phi) is 7.50. The molecular weight excluding hydrogens is 400 g/mol. The summed E-state index contributed by atoms with van der Waals surface area (Å²) >= 11 is 0. The lowest BCUT2D eigenvalue weighted by molar-refractivity contribution is -0.121. The molecule has 6 nitrogen and oxygen atoms in total. The lowest BCUT2D eigenvalue weighted by Gasteiger charge is -2.25. The zero-order chi connectivity index (χ0) is 21.6. The van der Waals surface area contributed by atoms with Gasteiger partial charge in [0.15, 0.2) is 0 Å². The molecule has 0 bridgehead atoms. The van der Waals surface area contributed by atoms with Gasteiger partial charge in [-0.15, -0.1) is 0 Å². The average molecular weight is 431 g/mol. The van der Waals surface area contributed by atoms with Crippen LogP contribution >= 0.6 is 0 Å². The second-order valence-corrected chi connectivity index (χ2v) is 9.58. The van der Waals surface area contributed by atoms with Crippen LogP contribution in [0.1, 0.15) is 49.8 Å². The predicted octanol–water partition coefficient (Wildman–Crippen LogP) is 3.68. The van der Waals surface area contributed by atoms with Crippen molar-refractivity contribution in [2.24, 2.45) is 0 Å². The van der Waals surface area contributed by atoms with Crippen LogP contribution in [0.25, 0.3) is 0 Å². The van der Waals surface area contributed by atoms with Crippen molar-refractivity contribution in [3.8, 4) is 5.75 Å². The Bertz CT molecular complexity index is 951. The molecule has 0 aromatic heterocycles. The van der Waals surface area contributed by atoms with E-state index in [-0.39, 0.29) is 11.9 Å². The molecule has 1 amide bonds. The SMILES string of the molecule is COc1ccccc1C(C)NC(=O)CCc1ccc(S(=O)(=O)N2CCCCC2)cc1. The van der Waals surface area contributed by atoms with E-state index in [4.69, 9.17) is 4.74 Å². The van der Waals surface area contributed by atoms with Crippen LogP contribution in [-0.4, -0.2) is 38.8 Å². The van der Waals surface area contributed by atoms with Crippen LogP contribution in [-0.2, 0) is 21.2 Å². The summed E-state index contributed by atoms with van der Waals surface area (Å²) in [6, 6.07) is 14.4. The highest BCUT2D eigenvalue weighted by molar-refractivity contribution is 7.89. The number of sulfonamides is 1. The number of hydrogen-bond donors (Lipinski definition) is 1. The number of para-hydroxylation sites is 1. The smallest absolute Gasteiger partial charge is 0.243 e. The van der Waals surface area contributed by atoms with E-state index in [0.717, 1.165) is 36.1 Å². The van der Waals surface area contributed by atoms with Crippen LogP contribution in [0.15, 0.2) is 53.4 Å². The molecule has 1 heterocycles. The van der Waals surface area contributed by atoms with Crippen molar-refractivity contribution in [1.82, 2.24) is 9.62 Å². The summed E-state index contributed by atoms with van der Waals surface area (Å²) in [6.45, 7) is 3.11. The van der Waals surface area contributed by atoms with Crippen LogP contribution in [0.4, 0.5) is 0 Å². The number of methoxy groups -OCH3 is 1. The van der Waals surface area contributed by atoms with Crippen molar-refractivity contribution in [2.45, 2.75) is 50.0 Å². The first kappa shape index (κ1) is 22.3. The fourth-order valence-corrected chi connectivity index (χ4v) is 5.27. The molecule has 1 atom stereocenters. The molecule has 7 heteroatoms. The lowest BCUT2D eigenvalue weighted by Crippen LogP contribution is -2.35. The number of hydrogen-bond acceptors (Lipinski definition) is 4. The molecule has 1 fully saturated rings. The van der Waals surface area contributed by atoms with Crippen LogP contribution in [0.5, 0.6) is 5.75 Å². The number of carbonyl (C=O) groups excluding carboxylic acids is 1. The van der Waals surface area contributed by atoms with Crippen molar-refractivity contribution in [2.75, 3.05) is 20.2 Å². The van der Waals surface area contributed by atoms with Crippen molar-refractivity contribution in [3.63, 3.8) is 0 Å².